The Balaban J connectivity index is 1.51. The molecule has 1 aliphatic rings. The number of aryl methyl sites for hydroxylation is 2. The zero-order chi connectivity index (χ0) is 37.8. The molecule has 53 heavy (non-hydrogen) atoms. The lowest BCUT2D eigenvalue weighted by atomic mass is 9.86. The molecule has 0 N–H and O–H groups in total. The zero-order valence-electron chi connectivity index (χ0n) is 33.4. The quantitative estimate of drug-likeness (QED) is 0.161. The van der Waals surface area contributed by atoms with Gasteiger partial charge in [0, 0.05) is 16.9 Å². The van der Waals surface area contributed by atoms with Crippen LogP contribution in [0.3, 0.4) is 0 Å². The third-order valence-electron chi connectivity index (χ3n) is 11.2. The molecule has 1 aromatic heterocycles. The van der Waals surface area contributed by atoms with E-state index in [-0.39, 0.29) is 10.8 Å². The highest BCUT2D eigenvalue weighted by atomic mass is 79.9. The van der Waals surface area contributed by atoms with Gasteiger partial charge in [0.15, 0.2) is 0 Å². The van der Waals surface area contributed by atoms with Crippen molar-refractivity contribution in [2.24, 2.45) is 0 Å². The van der Waals surface area contributed by atoms with Crippen LogP contribution in [0.4, 0.5) is 17.1 Å². The van der Waals surface area contributed by atoms with Crippen LogP contribution in [0, 0.1) is 0 Å². The second-order valence-corrected chi connectivity index (χ2v) is 18.5. The van der Waals surface area contributed by atoms with Crippen LogP contribution in [0.1, 0.15) is 127 Å². The standard InChI is InChI=1S/C49H56BrN3/c1-31(2)38-17-13-18-39(32(3)4)44(38)47-51-46-40-16-12-11-15-33(40)21-30-43(46)53(47)42-20-14-19-41(45(42)50)52(36-26-22-34(23-27-36)48(5,6)7)37-28-24-35(25-29-37)49(8,9)10/h13-14,17-32H,11-12,15-16H2,1-10H3. The lowest BCUT2D eigenvalue weighted by Gasteiger charge is -2.29. The van der Waals surface area contributed by atoms with E-state index in [9.17, 15) is 0 Å². The monoisotopic (exact) mass is 765 g/mol. The van der Waals surface area contributed by atoms with Gasteiger partial charge >= 0.3 is 0 Å². The molecule has 0 spiro atoms. The van der Waals surface area contributed by atoms with Gasteiger partial charge in [0.25, 0.3) is 0 Å². The van der Waals surface area contributed by atoms with Gasteiger partial charge in [-0.1, -0.05) is 124 Å². The van der Waals surface area contributed by atoms with Crippen molar-refractivity contribution < 1.29 is 0 Å². The third-order valence-corrected chi connectivity index (χ3v) is 12.0. The summed E-state index contributed by atoms with van der Waals surface area (Å²) < 4.78 is 3.49. The molecule has 4 heteroatoms. The van der Waals surface area contributed by atoms with Gasteiger partial charge in [0.1, 0.15) is 5.82 Å². The molecule has 7 rings (SSSR count). The number of anilines is 3. The van der Waals surface area contributed by atoms with Gasteiger partial charge in [-0.3, -0.25) is 4.57 Å². The summed E-state index contributed by atoms with van der Waals surface area (Å²) >= 11 is 4.26. The summed E-state index contributed by atoms with van der Waals surface area (Å²) in [5, 5.41) is 0. The minimum absolute atomic E-state index is 0.0669. The number of imidazole rings is 1. The summed E-state index contributed by atoms with van der Waals surface area (Å²) in [5.74, 6) is 1.73. The number of nitrogens with zero attached hydrogens (tertiary/aromatic N) is 3. The topological polar surface area (TPSA) is 21.1 Å². The van der Waals surface area contributed by atoms with Crippen LogP contribution in [0.2, 0.25) is 0 Å². The highest BCUT2D eigenvalue weighted by molar-refractivity contribution is 9.10. The molecule has 0 atom stereocenters. The Hall–Kier alpha value is -4.15. The molecule has 0 amide bonds. The van der Waals surface area contributed by atoms with Crippen molar-refractivity contribution in [1.29, 1.82) is 0 Å². The molecule has 0 aliphatic heterocycles. The van der Waals surface area contributed by atoms with Gasteiger partial charge in [-0.15, -0.1) is 0 Å². The molecule has 0 radical (unpaired) electrons. The number of rotatable bonds is 7. The van der Waals surface area contributed by atoms with E-state index in [0.29, 0.717) is 11.8 Å². The fourth-order valence-electron chi connectivity index (χ4n) is 8.09. The Bertz CT molecular complexity index is 2170. The van der Waals surface area contributed by atoms with Crippen molar-refractivity contribution in [2.45, 2.75) is 118 Å². The lowest BCUT2D eigenvalue weighted by molar-refractivity contribution is 0.590. The van der Waals surface area contributed by atoms with Crippen molar-refractivity contribution in [3.63, 3.8) is 0 Å². The molecule has 0 fully saturated rings. The predicted molar refractivity (Wildman–Crippen MR) is 231 cm³/mol. The maximum atomic E-state index is 5.68. The lowest BCUT2D eigenvalue weighted by Crippen LogP contribution is -2.15. The van der Waals surface area contributed by atoms with E-state index in [4.69, 9.17) is 4.98 Å². The Kier molecular flexibility index (Phi) is 10.00. The van der Waals surface area contributed by atoms with E-state index in [0.717, 1.165) is 51.4 Å². The number of fused-ring (bicyclic) bond motifs is 3. The van der Waals surface area contributed by atoms with Crippen molar-refractivity contribution in [3.05, 3.63) is 135 Å². The first kappa shape index (κ1) is 37.2. The third kappa shape index (κ3) is 7.00. The van der Waals surface area contributed by atoms with E-state index >= 15 is 0 Å². The maximum Gasteiger partial charge on any atom is 0.146 e. The fourth-order valence-corrected chi connectivity index (χ4v) is 8.71. The van der Waals surface area contributed by atoms with Crippen LogP contribution in [-0.2, 0) is 23.7 Å². The summed E-state index contributed by atoms with van der Waals surface area (Å²) in [7, 11) is 0. The molecule has 0 bridgehead atoms. The number of hydrogen-bond acceptors (Lipinski definition) is 2. The summed E-state index contributed by atoms with van der Waals surface area (Å²) in [6.45, 7) is 22.9. The molecule has 0 unspecified atom stereocenters. The molecular formula is C49H56BrN3. The first-order chi connectivity index (χ1) is 25.1. The number of aromatic nitrogens is 2. The van der Waals surface area contributed by atoms with Crippen LogP contribution in [0.25, 0.3) is 28.1 Å². The molecule has 274 valence electrons. The van der Waals surface area contributed by atoms with Crippen LogP contribution in [0.15, 0.2) is 102 Å². The Morgan fingerprint density at radius 2 is 1.17 bits per heavy atom. The first-order valence-electron chi connectivity index (χ1n) is 19.6. The molecule has 0 saturated carbocycles. The summed E-state index contributed by atoms with van der Waals surface area (Å²) in [6, 6.07) is 36.5. The van der Waals surface area contributed by atoms with Gasteiger partial charge in [-0.25, -0.2) is 4.98 Å². The summed E-state index contributed by atoms with van der Waals surface area (Å²) in [5.41, 5.74) is 16.3. The van der Waals surface area contributed by atoms with E-state index in [1.807, 2.05) is 0 Å². The number of hydrogen-bond donors (Lipinski definition) is 0. The summed E-state index contributed by atoms with van der Waals surface area (Å²) in [4.78, 5) is 8.08. The summed E-state index contributed by atoms with van der Waals surface area (Å²) in [6.07, 6.45) is 4.67. The molecule has 0 saturated heterocycles. The van der Waals surface area contributed by atoms with Gasteiger partial charge in [-0.2, -0.15) is 0 Å². The second-order valence-electron chi connectivity index (χ2n) is 17.7. The largest absolute Gasteiger partial charge is 0.309 e. The van der Waals surface area contributed by atoms with Gasteiger partial charge in [0.05, 0.1) is 26.9 Å². The number of benzene rings is 5. The van der Waals surface area contributed by atoms with Crippen molar-refractivity contribution >= 4 is 44.0 Å². The van der Waals surface area contributed by atoms with Gasteiger partial charge in [-0.05, 0) is 140 Å². The Labute approximate surface area is 326 Å². The Morgan fingerprint density at radius 3 is 1.70 bits per heavy atom. The van der Waals surface area contributed by atoms with E-state index < -0.39 is 0 Å². The molecule has 6 aromatic rings. The second kappa shape index (κ2) is 14.3. The van der Waals surface area contributed by atoms with Gasteiger partial charge < -0.3 is 4.90 Å². The van der Waals surface area contributed by atoms with Crippen molar-refractivity contribution in [3.8, 4) is 17.1 Å². The SMILES string of the molecule is CC(C)c1cccc(C(C)C)c1-c1nc2c3c(ccc2n1-c1cccc(N(c2ccc(C(C)(C)C)cc2)c2ccc(C(C)(C)C)cc2)c1Br)CCCC3. The van der Waals surface area contributed by atoms with Gasteiger partial charge in [0.2, 0.25) is 0 Å². The highest BCUT2D eigenvalue weighted by Crippen LogP contribution is 2.46. The van der Waals surface area contributed by atoms with Crippen molar-refractivity contribution in [1.82, 2.24) is 9.55 Å². The minimum Gasteiger partial charge on any atom is -0.309 e. The van der Waals surface area contributed by atoms with E-state index in [1.54, 1.807) is 0 Å². The van der Waals surface area contributed by atoms with E-state index in [1.165, 1.54) is 57.3 Å². The first-order valence-corrected chi connectivity index (χ1v) is 20.4. The smallest absolute Gasteiger partial charge is 0.146 e. The van der Waals surface area contributed by atoms with Crippen LogP contribution in [-0.4, -0.2) is 9.55 Å². The van der Waals surface area contributed by atoms with Crippen LogP contribution < -0.4 is 4.90 Å². The van der Waals surface area contributed by atoms with Crippen molar-refractivity contribution in [2.75, 3.05) is 4.90 Å². The molecule has 5 aromatic carbocycles. The maximum absolute atomic E-state index is 5.68. The zero-order valence-corrected chi connectivity index (χ0v) is 35.0. The fraction of sp³-hybridized carbons (Fsp3) is 0.367. The average molecular weight is 767 g/mol. The molecule has 3 nitrogen and oxygen atoms in total. The predicted octanol–water partition coefficient (Wildman–Crippen LogP) is 14.6. The van der Waals surface area contributed by atoms with Crippen LogP contribution >= 0.6 is 15.9 Å². The Morgan fingerprint density at radius 1 is 0.642 bits per heavy atom. The minimum atomic E-state index is 0.0669. The normalized spacial score (nSPS) is 13.6. The number of halogens is 1. The average Bonchev–Trinajstić information content (AvgIpc) is 3.51. The van der Waals surface area contributed by atoms with Crippen LogP contribution in [0.5, 0.6) is 0 Å². The van der Waals surface area contributed by atoms with E-state index in [2.05, 4.69) is 192 Å². The molecular weight excluding hydrogens is 710 g/mol. The molecule has 1 aliphatic carbocycles. The highest BCUT2D eigenvalue weighted by Gasteiger charge is 2.28. The molecule has 1 heterocycles.